The monoisotopic (exact) mass is 501 g/mol. The summed E-state index contributed by atoms with van der Waals surface area (Å²) in [7, 11) is 0. The first-order valence-corrected chi connectivity index (χ1v) is 12.3. The van der Waals surface area contributed by atoms with Crippen LogP contribution < -0.4 is 5.11 Å². The zero-order chi connectivity index (χ0) is 23.9. The lowest BCUT2D eigenvalue weighted by atomic mass is 9.81. The standard InChI is InChI=1S/C24H34Cl3N3O2/c1-21(2)15-18(16-32-30-22(3,4)13-10-14-23(30,5)6)29(28-20(31)24(25,26)27)19(21)17-11-8-7-9-12-17/h7-9,11-12,18H,10,13-16H2,1-6H3. The third-order valence-corrected chi connectivity index (χ3v) is 7.01. The van der Waals surface area contributed by atoms with Gasteiger partial charge in [0.1, 0.15) is 6.61 Å². The van der Waals surface area contributed by atoms with Gasteiger partial charge in [-0.3, -0.25) is 4.84 Å². The first kappa shape index (κ1) is 25.8. The molecule has 0 aliphatic carbocycles. The number of hydrogen-bond acceptors (Lipinski definition) is 4. The first-order chi connectivity index (χ1) is 14.7. The summed E-state index contributed by atoms with van der Waals surface area (Å²) >= 11 is 17.6. The number of hydrazone groups is 1. The Kier molecular flexibility index (Phi) is 7.30. The molecule has 0 aromatic heterocycles. The number of hydroxylamine groups is 2. The molecule has 2 aliphatic rings. The van der Waals surface area contributed by atoms with Gasteiger partial charge in [0.2, 0.25) is 15.5 Å². The summed E-state index contributed by atoms with van der Waals surface area (Å²) in [5.41, 5.74) is 1.49. The molecule has 0 saturated carbocycles. The van der Waals surface area contributed by atoms with E-state index in [0.29, 0.717) is 6.61 Å². The van der Waals surface area contributed by atoms with E-state index in [9.17, 15) is 5.11 Å². The lowest BCUT2D eigenvalue weighted by Crippen LogP contribution is -2.58. The molecule has 0 N–H and O–H groups in total. The molecule has 3 rings (SSSR count). The highest BCUT2D eigenvalue weighted by Gasteiger charge is 2.50. The number of alkyl halides is 3. The second-order valence-corrected chi connectivity index (χ2v) is 13.1. The van der Waals surface area contributed by atoms with E-state index in [0.717, 1.165) is 30.5 Å². The Morgan fingerprint density at radius 2 is 1.66 bits per heavy atom. The zero-order valence-electron chi connectivity index (χ0n) is 19.8. The lowest BCUT2D eigenvalue weighted by molar-refractivity contribution is -0.575. The van der Waals surface area contributed by atoms with Crippen molar-refractivity contribution in [3.05, 3.63) is 35.9 Å². The second-order valence-electron chi connectivity index (χ2n) is 10.8. The number of hydrogen-bond donors (Lipinski definition) is 0. The minimum Gasteiger partial charge on any atom is -0.855 e. The van der Waals surface area contributed by atoms with Crippen molar-refractivity contribution >= 4 is 46.4 Å². The Balaban J connectivity index is 2.00. The van der Waals surface area contributed by atoms with Gasteiger partial charge in [-0.15, -0.1) is 0 Å². The van der Waals surface area contributed by atoms with Crippen LogP contribution in [0.25, 0.3) is 0 Å². The van der Waals surface area contributed by atoms with Crippen molar-refractivity contribution in [1.82, 2.24) is 5.06 Å². The van der Waals surface area contributed by atoms with Crippen molar-refractivity contribution in [3.63, 3.8) is 0 Å². The van der Waals surface area contributed by atoms with E-state index < -0.39 is 9.69 Å². The maximum Gasteiger partial charge on any atom is 0.224 e. The van der Waals surface area contributed by atoms with Crippen LogP contribution in [0, 0.1) is 5.41 Å². The molecule has 8 heteroatoms. The normalized spacial score (nSPS) is 25.9. The van der Waals surface area contributed by atoms with Crippen LogP contribution in [-0.4, -0.2) is 48.9 Å². The number of nitrogens with zero attached hydrogens (tertiary/aromatic N) is 3. The molecule has 1 atom stereocenters. The SMILES string of the molecule is CC1(C)CC(CON2C(C)(C)CCCC2(C)C)[N+](/N=C(\[O-])C(Cl)(Cl)Cl)=C1c1ccccc1. The maximum absolute atomic E-state index is 12.6. The smallest absolute Gasteiger partial charge is 0.224 e. The molecule has 1 fully saturated rings. The lowest BCUT2D eigenvalue weighted by Gasteiger charge is -2.51. The molecule has 0 bridgehead atoms. The van der Waals surface area contributed by atoms with Crippen molar-refractivity contribution in [3.8, 4) is 0 Å². The van der Waals surface area contributed by atoms with Crippen molar-refractivity contribution < 1.29 is 14.6 Å². The molecule has 0 spiro atoms. The summed E-state index contributed by atoms with van der Waals surface area (Å²) in [5, 5.41) is 19.0. The van der Waals surface area contributed by atoms with E-state index in [4.69, 9.17) is 39.6 Å². The fourth-order valence-electron chi connectivity index (χ4n) is 5.29. The topological polar surface area (TPSA) is 50.9 Å². The van der Waals surface area contributed by atoms with Crippen LogP contribution >= 0.6 is 34.8 Å². The number of piperidine rings is 1. The van der Waals surface area contributed by atoms with Crippen LogP contribution in [0.3, 0.4) is 0 Å². The van der Waals surface area contributed by atoms with Crippen molar-refractivity contribution in [2.75, 3.05) is 6.61 Å². The van der Waals surface area contributed by atoms with E-state index in [1.807, 2.05) is 30.3 Å². The van der Waals surface area contributed by atoms with Crippen LogP contribution in [0.4, 0.5) is 0 Å². The zero-order valence-corrected chi connectivity index (χ0v) is 22.1. The molecule has 1 unspecified atom stereocenters. The second kappa shape index (κ2) is 9.07. The molecule has 1 aromatic carbocycles. The molecule has 1 saturated heterocycles. The highest BCUT2D eigenvalue weighted by atomic mass is 35.6. The molecule has 5 nitrogen and oxygen atoms in total. The van der Waals surface area contributed by atoms with Crippen molar-refractivity contribution in [2.24, 2.45) is 10.5 Å². The summed E-state index contributed by atoms with van der Waals surface area (Å²) in [5.74, 6) is -0.808. The van der Waals surface area contributed by atoms with E-state index in [-0.39, 0.29) is 22.5 Å². The quantitative estimate of drug-likeness (QED) is 0.237. The van der Waals surface area contributed by atoms with Gasteiger partial charge in [-0.2, -0.15) is 5.06 Å². The Labute approximate surface area is 206 Å². The molecule has 1 aromatic rings. The summed E-state index contributed by atoms with van der Waals surface area (Å²) in [6.45, 7) is 13.5. The molecule has 32 heavy (non-hydrogen) atoms. The van der Waals surface area contributed by atoms with Gasteiger partial charge in [-0.05, 0) is 78.0 Å². The Morgan fingerprint density at radius 3 is 2.19 bits per heavy atom. The average molecular weight is 503 g/mol. The van der Waals surface area contributed by atoms with Crippen LogP contribution in [0.15, 0.2) is 35.4 Å². The van der Waals surface area contributed by atoms with Gasteiger partial charge >= 0.3 is 0 Å². The first-order valence-electron chi connectivity index (χ1n) is 11.1. The van der Waals surface area contributed by atoms with Gasteiger partial charge in [0.05, 0.1) is 11.3 Å². The minimum atomic E-state index is -2.11. The Bertz CT molecular complexity index is 874. The van der Waals surface area contributed by atoms with E-state index in [1.165, 1.54) is 6.42 Å². The molecular weight excluding hydrogens is 469 g/mol. The highest BCUT2D eigenvalue weighted by molar-refractivity contribution is 6.75. The number of halogens is 3. The van der Waals surface area contributed by atoms with Crippen LogP contribution in [0.1, 0.15) is 72.8 Å². The van der Waals surface area contributed by atoms with Crippen LogP contribution in [-0.2, 0) is 4.84 Å². The van der Waals surface area contributed by atoms with Crippen molar-refractivity contribution in [1.29, 1.82) is 0 Å². The fourth-order valence-corrected chi connectivity index (χ4v) is 5.40. The fraction of sp³-hybridized carbons (Fsp3) is 0.667. The van der Waals surface area contributed by atoms with E-state index >= 15 is 0 Å². The van der Waals surface area contributed by atoms with Crippen LogP contribution in [0.5, 0.6) is 0 Å². The van der Waals surface area contributed by atoms with Gasteiger partial charge in [-0.1, -0.05) is 57.7 Å². The Morgan fingerprint density at radius 1 is 1.09 bits per heavy atom. The third-order valence-electron chi connectivity index (χ3n) is 6.52. The largest absolute Gasteiger partial charge is 0.855 e. The van der Waals surface area contributed by atoms with E-state index in [2.05, 4.69) is 51.7 Å². The average Bonchev–Trinajstić information content (AvgIpc) is 2.89. The summed E-state index contributed by atoms with van der Waals surface area (Å²) in [6.07, 6.45) is 4.05. The molecule has 0 radical (unpaired) electrons. The van der Waals surface area contributed by atoms with Gasteiger partial charge in [0, 0.05) is 23.1 Å². The van der Waals surface area contributed by atoms with Crippen molar-refractivity contribution in [2.45, 2.75) is 88.1 Å². The van der Waals surface area contributed by atoms with Gasteiger partial charge < -0.3 is 5.11 Å². The van der Waals surface area contributed by atoms with Gasteiger partial charge in [0.25, 0.3) is 0 Å². The highest BCUT2D eigenvalue weighted by Crippen LogP contribution is 2.40. The molecule has 178 valence electrons. The molecule has 2 heterocycles. The predicted molar refractivity (Wildman–Crippen MR) is 131 cm³/mol. The molecule has 0 amide bonds. The Hall–Kier alpha value is -0.850. The van der Waals surface area contributed by atoms with Gasteiger partial charge in [0.15, 0.2) is 0 Å². The number of benzene rings is 1. The molecular formula is C24H34Cl3N3O2. The summed E-state index contributed by atoms with van der Waals surface area (Å²) in [6, 6.07) is 9.75. The molecule has 2 aliphatic heterocycles. The van der Waals surface area contributed by atoms with E-state index in [1.54, 1.807) is 4.68 Å². The van der Waals surface area contributed by atoms with Crippen LogP contribution in [0.2, 0.25) is 0 Å². The summed E-state index contributed by atoms with van der Waals surface area (Å²) < 4.78 is -0.389. The van der Waals surface area contributed by atoms with Gasteiger partial charge in [-0.25, -0.2) is 0 Å². The summed E-state index contributed by atoms with van der Waals surface area (Å²) in [4.78, 5) is 6.48. The minimum absolute atomic E-state index is 0.0861. The predicted octanol–water partition coefficient (Wildman–Crippen LogP) is 5.31. The number of rotatable bonds is 5. The maximum atomic E-state index is 12.6. The third kappa shape index (κ3) is 5.44.